The van der Waals surface area contributed by atoms with Gasteiger partial charge in [-0.3, -0.25) is 14.4 Å². The van der Waals surface area contributed by atoms with Crippen LogP contribution in [0.15, 0.2) is 78.9 Å². The first-order valence-electron chi connectivity index (χ1n) is 13.6. The zero-order chi connectivity index (χ0) is 28.1. The predicted molar refractivity (Wildman–Crippen MR) is 151 cm³/mol. The van der Waals surface area contributed by atoms with Crippen LogP contribution < -0.4 is 5.32 Å². The molecule has 3 atom stereocenters. The van der Waals surface area contributed by atoms with Gasteiger partial charge < -0.3 is 25.1 Å². The van der Waals surface area contributed by atoms with Gasteiger partial charge in [-0.25, -0.2) is 9.37 Å². The zero-order valence-corrected chi connectivity index (χ0v) is 22.0. The van der Waals surface area contributed by atoms with Crippen LogP contribution in [0.5, 0.6) is 0 Å². The summed E-state index contributed by atoms with van der Waals surface area (Å²) < 4.78 is 13.7. The van der Waals surface area contributed by atoms with Crippen molar-refractivity contribution >= 4 is 39.7 Å². The molecule has 7 rings (SSSR count). The van der Waals surface area contributed by atoms with Crippen LogP contribution in [0.4, 0.5) is 4.39 Å². The number of aromatic nitrogens is 3. The molecule has 0 saturated carbocycles. The Morgan fingerprint density at radius 1 is 0.902 bits per heavy atom. The Labute approximate surface area is 234 Å². The summed E-state index contributed by atoms with van der Waals surface area (Å²) in [7, 11) is 0. The van der Waals surface area contributed by atoms with Crippen LogP contribution in [0, 0.1) is 5.82 Å². The summed E-state index contributed by atoms with van der Waals surface area (Å²) in [6.07, 6.45) is 0.993. The summed E-state index contributed by atoms with van der Waals surface area (Å²) in [5, 5.41) is 3.49. The number of likely N-dealkylation sites (tertiary alicyclic amines) is 2. The van der Waals surface area contributed by atoms with Crippen LogP contribution in [0.3, 0.4) is 0 Å². The summed E-state index contributed by atoms with van der Waals surface area (Å²) in [4.78, 5) is 54.7. The fraction of sp³-hybridized carbons (Fsp3) is 0.226. The van der Waals surface area contributed by atoms with Crippen molar-refractivity contribution in [2.24, 2.45) is 0 Å². The standard InChI is InChI=1S/C31H27FN6O3/c32-20-10-11-23-19(13-20)14-26(33-23)29(39)36-27(12-18-6-2-1-3-7-18)30(40)37-16-22-15-21(37)17-38(22)31(41)28-34-24-8-4-5-9-25(24)35-28/h1-11,13-14,21-22,27,33H,12,15-17H2,(H,34,35)(H,36,39)/t21-,22-,27-/m0/s1. The van der Waals surface area contributed by atoms with E-state index >= 15 is 0 Å². The van der Waals surface area contributed by atoms with E-state index in [1.165, 1.54) is 12.1 Å². The van der Waals surface area contributed by atoms with Crippen molar-refractivity contribution in [3.63, 3.8) is 0 Å². The van der Waals surface area contributed by atoms with Gasteiger partial charge in [0.2, 0.25) is 5.91 Å². The number of aromatic amines is 2. The van der Waals surface area contributed by atoms with Crippen LogP contribution >= 0.6 is 0 Å². The van der Waals surface area contributed by atoms with Crippen LogP contribution in [0.2, 0.25) is 0 Å². The molecule has 2 saturated heterocycles. The number of nitrogens with zero attached hydrogens (tertiary/aromatic N) is 3. The number of halogens is 1. The lowest BCUT2D eigenvalue weighted by Gasteiger charge is -2.35. The van der Waals surface area contributed by atoms with Gasteiger partial charge in [-0.05, 0) is 48.4 Å². The SMILES string of the molecule is O=C(N[C@@H](Cc1ccccc1)C(=O)N1C[C@@H]2C[C@H]1CN2C(=O)c1nc2ccccc2[nH]1)c1cc2cc(F)ccc2[nH]1. The van der Waals surface area contributed by atoms with E-state index in [-0.39, 0.29) is 29.6 Å². The normalized spacial score (nSPS) is 18.8. The summed E-state index contributed by atoms with van der Waals surface area (Å²) in [5.41, 5.74) is 3.33. The van der Waals surface area contributed by atoms with Gasteiger partial charge in [0.15, 0.2) is 5.82 Å². The number of carbonyl (C=O) groups is 3. The Morgan fingerprint density at radius 2 is 1.66 bits per heavy atom. The van der Waals surface area contributed by atoms with Gasteiger partial charge in [0, 0.05) is 30.4 Å². The minimum absolute atomic E-state index is 0.124. The number of para-hydroxylation sites is 2. The van der Waals surface area contributed by atoms with Crippen molar-refractivity contribution in [1.29, 1.82) is 0 Å². The Morgan fingerprint density at radius 3 is 2.44 bits per heavy atom. The molecule has 206 valence electrons. The first-order chi connectivity index (χ1) is 19.9. The van der Waals surface area contributed by atoms with E-state index in [0.717, 1.165) is 16.6 Å². The van der Waals surface area contributed by atoms with Gasteiger partial charge in [0.05, 0.1) is 23.1 Å². The monoisotopic (exact) mass is 550 g/mol. The van der Waals surface area contributed by atoms with Crippen LogP contribution in [0.25, 0.3) is 21.9 Å². The molecule has 0 radical (unpaired) electrons. The molecule has 41 heavy (non-hydrogen) atoms. The third-order valence-corrected chi connectivity index (χ3v) is 8.09. The van der Waals surface area contributed by atoms with Gasteiger partial charge in [0.25, 0.3) is 11.8 Å². The fourth-order valence-electron chi connectivity index (χ4n) is 6.09. The highest BCUT2D eigenvalue weighted by Gasteiger charge is 2.48. The third kappa shape index (κ3) is 4.61. The van der Waals surface area contributed by atoms with Gasteiger partial charge in [0.1, 0.15) is 17.6 Å². The zero-order valence-electron chi connectivity index (χ0n) is 22.0. The third-order valence-electron chi connectivity index (χ3n) is 8.09. The van der Waals surface area contributed by atoms with Gasteiger partial charge in [-0.1, -0.05) is 42.5 Å². The molecule has 3 amide bonds. The Hall–Kier alpha value is -4.99. The second kappa shape index (κ2) is 9.88. The summed E-state index contributed by atoms with van der Waals surface area (Å²) >= 11 is 0. The van der Waals surface area contributed by atoms with E-state index < -0.39 is 17.8 Å². The van der Waals surface area contributed by atoms with E-state index in [1.807, 2.05) is 54.6 Å². The average molecular weight is 551 g/mol. The number of carbonyl (C=O) groups excluding carboxylic acids is 3. The molecule has 2 bridgehead atoms. The maximum atomic E-state index is 13.9. The smallest absolute Gasteiger partial charge is 0.290 e. The minimum atomic E-state index is -0.813. The van der Waals surface area contributed by atoms with E-state index in [1.54, 1.807) is 21.9 Å². The van der Waals surface area contributed by atoms with Crippen LogP contribution in [0.1, 0.15) is 33.1 Å². The summed E-state index contributed by atoms with van der Waals surface area (Å²) in [5.74, 6) is -0.901. The molecule has 5 aromatic rings. The molecule has 2 aliphatic heterocycles. The Balaban J connectivity index is 1.09. The lowest BCUT2D eigenvalue weighted by molar-refractivity contribution is -0.135. The van der Waals surface area contributed by atoms with Crippen molar-refractivity contribution in [2.75, 3.05) is 13.1 Å². The van der Waals surface area contributed by atoms with Crippen molar-refractivity contribution in [3.05, 3.63) is 102 Å². The number of amides is 3. The van der Waals surface area contributed by atoms with Crippen LogP contribution in [-0.4, -0.2) is 73.7 Å². The number of hydrogen-bond acceptors (Lipinski definition) is 4. The summed E-state index contributed by atoms with van der Waals surface area (Å²) in [6.45, 7) is 0.800. The molecule has 2 aliphatic rings. The van der Waals surface area contributed by atoms with E-state index in [9.17, 15) is 18.8 Å². The molecule has 2 aromatic heterocycles. The number of H-pyrrole nitrogens is 2. The first-order valence-corrected chi connectivity index (χ1v) is 13.6. The van der Waals surface area contributed by atoms with E-state index in [0.29, 0.717) is 42.7 Å². The fourth-order valence-corrected chi connectivity index (χ4v) is 6.09. The van der Waals surface area contributed by atoms with Crippen molar-refractivity contribution in [3.8, 4) is 0 Å². The molecule has 2 fully saturated rings. The predicted octanol–water partition coefficient (Wildman–Crippen LogP) is 3.65. The van der Waals surface area contributed by atoms with Gasteiger partial charge >= 0.3 is 0 Å². The van der Waals surface area contributed by atoms with E-state index in [4.69, 9.17) is 0 Å². The second-order valence-corrected chi connectivity index (χ2v) is 10.7. The van der Waals surface area contributed by atoms with Crippen molar-refractivity contribution in [2.45, 2.75) is 31.0 Å². The number of imidazole rings is 1. The molecule has 0 spiro atoms. The molecule has 3 aromatic carbocycles. The van der Waals surface area contributed by atoms with Crippen molar-refractivity contribution < 1.29 is 18.8 Å². The number of benzene rings is 3. The number of fused-ring (bicyclic) bond motifs is 4. The number of rotatable bonds is 6. The number of piperazine rings is 1. The van der Waals surface area contributed by atoms with Gasteiger partial charge in [-0.15, -0.1) is 0 Å². The molecule has 9 nitrogen and oxygen atoms in total. The molecule has 4 heterocycles. The number of hydrogen-bond donors (Lipinski definition) is 3. The van der Waals surface area contributed by atoms with Gasteiger partial charge in [-0.2, -0.15) is 0 Å². The first kappa shape index (κ1) is 25.0. The maximum Gasteiger partial charge on any atom is 0.290 e. The van der Waals surface area contributed by atoms with Crippen molar-refractivity contribution in [1.82, 2.24) is 30.1 Å². The molecule has 0 aliphatic carbocycles. The highest BCUT2D eigenvalue weighted by Crippen LogP contribution is 2.32. The molecular formula is C31H27FN6O3. The second-order valence-electron chi connectivity index (χ2n) is 10.7. The minimum Gasteiger partial charge on any atom is -0.351 e. The lowest BCUT2D eigenvalue weighted by Crippen LogP contribution is -2.56. The molecule has 10 heteroatoms. The highest BCUT2D eigenvalue weighted by molar-refractivity contribution is 6.00. The lowest BCUT2D eigenvalue weighted by atomic mass is 10.0. The number of nitrogens with one attached hydrogen (secondary N) is 3. The Bertz CT molecular complexity index is 1760. The summed E-state index contributed by atoms with van der Waals surface area (Å²) in [6, 6.07) is 21.8. The molecule has 0 unspecified atom stereocenters. The Kier molecular flexibility index (Phi) is 6.03. The quantitative estimate of drug-likeness (QED) is 0.300. The van der Waals surface area contributed by atoms with Crippen LogP contribution in [-0.2, 0) is 11.2 Å². The largest absolute Gasteiger partial charge is 0.351 e. The highest BCUT2D eigenvalue weighted by atomic mass is 19.1. The van der Waals surface area contributed by atoms with E-state index in [2.05, 4.69) is 20.3 Å². The maximum absolute atomic E-state index is 13.9. The average Bonchev–Trinajstić information content (AvgIpc) is 3.78. The molecule has 3 N–H and O–H groups in total. The molecular weight excluding hydrogens is 523 g/mol. The topological polar surface area (TPSA) is 114 Å².